The monoisotopic (exact) mass is 406 g/mol. The highest BCUT2D eigenvalue weighted by molar-refractivity contribution is 9.10. The van der Waals surface area contributed by atoms with Gasteiger partial charge in [0.15, 0.2) is 5.65 Å². The molecule has 0 aliphatic carbocycles. The van der Waals surface area contributed by atoms with Gasteiger partial charge in [0.05, 0.1) is 11.4 Å². The fraction of sp³-hybridized carbons (Fsp3) is 0.0500. The minimum atomic E-state index is -0.204. The SMILES string of the molecule is Cc1cc2nc(NC(=O)c3ccc(Br)cc3)cc(-c3ccccc3)n2n1. The van der Waals surface area contributed by atoms with Gasteiger partial charge in [-0.25, -0.2) is 9.50 Å². The molecule has 0 saturated heterocycles. The van der Waals surface area contributed by atoms with Gasteiger partial charge in [-0.3, -0.25) is 4.79 Å². The number of nitrogens with zero attached hydrogens (tertiary/aromatic N) is 3. The molecule has 0 aliphatic rings. The molecule has 0 radical (unpaired) electrons. The van der Waals surface area contributed by atoms with Crippen molar-refractivity contribution in [1.82, 2.24) is 14.6 Å². The van der Waals surface area contributed by atoms with Crippen molar-refractivity contribution in [2.45, 2.75) is 6.92 Å². The summed E-state index contributed by atoms with van der Waals surface area (Å²) in [6, 6.07) is 20.8. The molecule has 26 heavy (non-hydrogen) atoms. The van der Waals surface area contributed by atoms with Crippen LogP contribution in [0.3, 0.4) is 0 Å². The topological polar surface area (TPSA) is 59.3 Å². The lowest BCUT2D eigenvalue weighted by atomic mass is 10.1. The van der Waals surface area contributed by atoms with E-state index in [1.165, 1.54) is 0 Å². The molecule has 0 saturated carbocycles. The number of halogens is 1. The molecule has 0 spiro atoms. The van der Waals surface area contributed by atoms with E-state index in [1.54, 1.807) is 16.6 Å². The molecule has 0 aliphatic heterocycles. The fourth-order valence-corrected chi connectivity index (χ4v) is 3.02. The van der Waals surface area contributed by atoms with Crippen molar-refractivity contribution < 1.29 is 4.79 Å². The number of carbonyl (C=O) groups is 1. The minimum absolute atomic E-state index is 0.204. The number of aryl methyl sites for hydroxylation is 1. The number of nitrogens with one attached hydrogen (secondary N) is 1. The maximum Gasteiger partial charge on any atom is 0.256 e. The van der Waals surface area contributed by atoms with Gasteiger partial charge in [-0.15, -0.1) is 0 Å². The van der Waals surface area contributed by atoms with Crippen LogP contribution in [0.2, 0.25) is 0 Å². The lowest BCUT2D eigenvalue weighted by Crippen LogP contribution is -2.13. The summed E-state index contributed by atoms with van der Waals surface area (Å²) in [6.45, 7) is 1.92. The number of benzene rings is 2. The highest BCUT2D eigenvalue weighted by atomic mass is 79.9. The summed E-state index contributed by atoms with van der Waals surface area (Å²) in [5, 5.41) is 7.40. The van der Waals surface area contributed by atoms with Crippen LogP contribution in [0.5, 0.6) is 0 Å². The summed E-state index contributed by atoms with van der Waals surface area (Å²) in [4.78, 5) is 17.1. The second kappa shape index (κ2) is 6.72. The van der Waals surface area contributed by atoms with Crippen LogP contribution >= 0.6 is 15.9 Å². The molecule has 0 fully saturated rings. The Labute approximate surface area is 158 Å². The molecule has 2 aromatic carbocycles. The number of fused-ring (bicyclic) bond motifs is 1. The van der Waals surface area contributed by atoms with E-state index in [9.17, 15) is 4.79 Å². The summed E-state index contributed by atoms with van der Waals surface area (Å²) in [7, 11) is 0. The molecule has 1 N–H and O–H groups in total. The summed E-state index contributed by atoms with van der Waals surface area (Å²) < 4.78 is 2.72. The first-order chi connectivity index (χ1) is 12.6. The van der Waals surface area contributed by atoms with Crippen molar-refractivity contribution in [3.05, 3.63) is 82.5 Å². The van der Waals surface area contributed by atoms with E-state index in [-0.39, 0.29) is 5.91 Å². The molecule has 4 rings (SSSR count). The molecule has 5 nitrogen and oxygen atoms in total. The third-order valence-electron chi connectivity index (χ3n) is 3.97. The molecule has 0 unspecified atom stereocenters. The van der Waals surface area contributed by atoms with Crippen molar-refractivity contribution in [1.29, 1.82) is 0 Å². The minimum Gasteiger partial charge on any atom is -0.306 e. The normalized spacial score (nSPS) is 10.8. The fourth-order valence-electron chi connectivity index (χ4n) is 2.76. The van der Waals surface area contributed by atoms with E-state index in [4.69, 9.17) is 0 Å². The Hall–Kier alpha value is -2.99. The molecular formula is C20H15BrN4O. The summed E-state index contributed by atoms with van der Waals surface area (Å²) in [6.07, 6.45) is 0. The number of anilines is 1. The smallest absolute Gasteiger partial charge is 0.256 e. The molecule has 1 amide bonds. The number of rotatable bonds is 3. The van der Waals surface area contributed by atoms with Crippen molar-refractivity contribution in [2.75, 3.05) is 5.32 Å². The number of hydrogen-bond acceptors (Lipinski definition) is 3. The Balaban J connectivity index is 1.76. The van der Waals surface area contributed by atoms with Gasteiger partial charge < -0.3 is 5.32 Å². The van der Waals surface area contributed by atoms with Gasteiger partial charge in [0, 0.05) is 27.7 Å². The van der Waals surface area contributed by atoms with Crippen molar-refractivity contribution in [2.24, 2.45) is 0 Å². The van der Waals surface area contributed by atoms with Crippen molar-refractivity contribution in [3.63, 3.8) is 0 Å². The zero-order valence-corrected chi connectivity index (χ0v) is 15.6. The van der Waals surface area contributed by atoms with Crippen LogP contribution < -0.4 is 5.32 Å². The Morgan fingerprint density at radius 2 is 1.77 bits per heavy atom. The molecule has 6 heteroatoms. The van der Waals surface area contributed by atoms with Crippen LogP contribution in [0, 0.1) is 6.92 Å². The molecule has 4 aromatic rings. The number of hydrogen-bond donors (Lipinski definition) is 1. The highest BCUT2D eigenvalue weighted by Crippen LogP contribution is 2.23. The molecule has 128 valence electrons. The largest absolute Gasteiger partial charge is 0.306 e. The predicted molar refractivity (Wildman–Crippen MR) is 105 cm³/mol. The van der Waals surface area contributed by atoms with Gasteiger partial charge in [-0.1, -0.05) is 46.3 Å². The van der Waals surface area contributed by atoms with E-state index in [0.29, 0.717) is 17.0 Å². The van der Waals surface area contributed by atoms with Crippen LogP contribution in [0.1, 0.15) is 16.1 Å². The Kier molecular flexibility index (Phi) is 4.26. The standard InChI is InChI=1S/C20H15BrN4O/c1-13-11-19-22-18(23-20(26)15-7-9-16(21)10-8-15)12-17(25(19)24-13)14-5-3-2-4-6-14/h2-12H,1H3,(H,22,23,26). The van der Waals surface area contributed by atoms with Gasteiger partial charge >= 0.3 is 0 Å². The Bertz CT molecular complexity index is 1090. The average molecular weight is 407 g/mol. The van der Waals surface area contributed by atoms with Gasteiger partial charge in [-0.05, 0) is 31.2 Å². The second-order valence-electron chi connectivity index (χ2n) is 5.91. The van der Waals surface area contributed by atoms with Crippen molar-refractivity contribution >= 4 is 33.3 Å². The van der Waals surface area contributed by atoms with Crippen LogP contribution in [0.4, 0.5) is 5.82 Å². The number of aromatic nitrogens is 3. The van der Waals surface area contributed by atoms with Crippen molar-refractivity contribution in [3.8, 4) is 11.3 Å². The summed E-state index contributed by atoms with van der Waals surface area (Å²) in [5.74, 6) is 0.286. The summed E-state index contributed by atoms with van der Waals surface area (Å²) >= 11 is 3.37. The van der Waals surface area contributed by atoms with Crippen LogP contribution in [-0.2, 0) is 0 Å². The zero-order chi connectivity index (χ0) is 18.1. The Morgan fingerprint density at radius 1 is 1.04 bits per heavy atom. The summed E-state index contributed by atoms with van der Waals surface area (Å²) in [5.41, 5.74) is 4.00. The predicted octanol–water partition coefficient (Wildman–Crippen LogP) is 4.72. The van der Waals surface area contributed by atoms with E-state index in [0.717, 1.165) is 21.4 Å². The van der Waals surface area contributed by atoms with E-state index >= 15 is 0 Å². The first kappa shape index (κ1) is 16.5. The highest BCUT2D eigenvalue weighted by Gasteiger charge is 2.13. The van der Waals surface area contributed by atoms with Crippen LogP contribution in [-0.4, -0.2) is 20.5 Å². The van der Waals surface area contributed by atoms with E-state index < -0.39 is 0 Å². The van der Waals surface area contributed by atoms with Gasteiger partial charge in [0.1, 0.15) is 5.82 Å². The maximum atomic E-state index is 12.5. The molecule has 0 bridgehead atoms. The van der Waals surface area contributed by atoms with Gasteiger partial charge in [-0.2, -0.15) is 5.10 Å². The average Bonchev–Trinajstić information content (AvgIpc) is 3.02. The zero-order valence-electron chi connectivity index (χ0n) is 14.0. The number of carbonyl (C=O) groups excluding carboxylic acids is 1. The van der Waals surface area contributed by atoms with E-state index in [2.05, 4.69) is 31.3 Å². The quantitative estimate of drug-likeness (QED) is 0.535. The second-order valence-corrected chi connectivity index (χ2v) is 6.83. The van der Waals surface area contributed by atoms with Gasteiger partial charge in [0.2, 0.25) is 0 Å². The van der Waals surface area contributed by atoms with Crippen LogP contribution in [0.15, 0.2) is 71.2 Å². The molecule has 0 atom stereocenters. The third kappa shape index (κ3) is 3.23. The molecule has 2 aromatic heterocycles. The first-order valence-electron chi connectivity index (χ1n) is 8.10. The first-order valence-corrected chi connectivity index (χ1v) is 8.89. The lowest BCUT2D eigenvalue weighted by molar-refractivity contribution is 0.102. The molecule has 2 heterocycles. The van der Waals surface area contributed by atoms with Crippen LogP contribution in [0.25, 0.3) is 16.9 Å². The van der Waals surface area contributed by atoms with Gasteiger partial charge in [0.25, 0.3) is 5.91 Å². The number of amides is 1. The molecular weight excluding hydrogens is 392 g/mol. The van der Waals surface area contributed by atoms with E-state index in [1.807, 2.05) is 61.5 Å². The third-order valence-corrected chi connectivity index (χ3v) is 4.50. The lowest BCUT2D eigenvalue weighted by Gasteiger charge is -2.09. The Morgan fingerprint density at radius 3 is 2.50 bits per heavy atom. The maximum absolute atomic E-state index is 12.5.